The lowest BCUT2D eigenvalue weighted by atomic mass is 10.2. The summed E-state index contributed by atoms with van der Waals surface area (Å²) in [6.07, 6.45) is 0.199. The van der Waals surface area contributed by atoms with E-state index in [2.05, 4.69) is 10.6 Å². The van der Waals surface area contributed by atoms with Crippen molar-refractivity contribution < 1.29 is 14.3 Å². The molecule has 1 atom stereocenters. The molecule has 1 fully saturated rings. The number of nitrogens with zero attached hydrogens (tertiary/aromatic N) is 1. The monoisotopic (exact) mass is 373 g/mol. The number of hydrogen-bond acceptors (Lipinski definition) is 4. The van der Waals surface area contributed by atoms with Crippen molar-refractivity contribution in [2.24, 2.45) is 0 Å². The summed E-state index contributed by atoms with van der Waals surface area (Å²) in [5.74, 6) is -0.513. The number of carbonyl (C=O) groups excluding carboxylic acids is 2. The molecule has 1 heterocycles. The second kappa shape index (κ2) is 9.22. The highest BCUT2D eigenvalue weighted by molar-refractivity contribution is 6.35. The van der Waals surface area contributed by atoms with Crippen LogP contribution in [0, 0.1) is 0 Å². The quantitative estimate of drug-likeness (QED) is 0.801. The standard InChI is InChI=1S/C16H21Cl2N3O3/c1-2-6-21(16(23)14-9-19-5-7-24-14)10-15(22)20-13-8-11(17)3-4-12(13)18/h3-4,8,14,19H,2,5-7,9-10H2,1H3,(H,20,22). The smallest absolute Gasteiger partial charge is 0.253 e. The van der Waals surface area contributed by atoms with Crippen molar-refractivity contribution in [3.63, 3.8) is 0 Å². The van der Waals surface area contributed by atoms with Crippen LogP contribution in [0.4, 0.5) is 5.69 Å². The highest BCUT2D eigenvalue weighted by Crippen LogP contribution is 2.25. The molecule has 6 nitrogen and oxygen atoms in total. The van der Waals surface area contributed by atoms with Gasteiger partial charge < -0.3 is 20.3 Å². The molecule has 1 aromatic carbocycles. The highest BCUT2D eigenvalue weighted by Gasteiger charge is 2.27. The molecule has 0 radical (unpaired) electrons. The number of benzene rings is 1. The van der Waals surface area contributed by atoms with Gasteiger partial charge in [-0.05, 0) is 24.6 Å². The largest absolute Gasteiger partial charge is 0.366 e. The van der Waals surface area contributed by atoms with Gasteiger partial charge >= 0.3 is 0 Å². The lowest BCUT2D eigenvalue weighted by Crippen LogP contribution is -2.51. The zero-order chi connectivity index (χ0) is 17.5. The second-order valence-corrected chi connectivity index (χ2v) is 6.34. The fraction of sp³-hybridized carbons (Fsp3) is 0.500. The minimum absolute atomic E-state index is 0.0601. The van der Waals surface area contributed by atoms with Crippen LogP contribution in [-0.4, -0.2) is 55.6 Å². The minimum Gasteiger partial charge on any atom is -0.366 e. The Morgan fingerprint density at radius 3 is 2.88 bits per heavy atom. The molecule has 1 aromatic rings. The molecule has 2 amide bonds. The summed E-state index contributed by atoms with van der Waals surface area (Å²) < 4.78 is 5.48. The van der Waals surface area contributed by atoms with Gasteiger partial charge in [-0.3, -0.25) is 9.59 Å². The summed E-state index contributed by atoms with van der Waals surface area (Å²) in [7, 11) is 0. The maximum atomic E-state index is 12.5. The first kappa shape index (κ1) is 19.0. The minimum atomic E-state index is -0.548. The third-order valence-corrected chi connectivity index (χ3v) is 4.11. The van der Waals surface area contributed by atoms with Crippen molar-refractivity contribution in [1.82, 2.24) is 10.2 Å². The van der Waals surface area contributed by atoms with Crippen molar-refractivity contribution in [3.05, 3.63) is 28.2 Å². The molecule has 8 heteroatoms. The van der Waals surface area contributed by atoms with E-state index in [1.54, 1.807) is 18.2 Å². The Kier molecular flexibility index (Phi) is 7.30. The molecule has 1 aliphatic rings. The normalized spacial score (nSPS) is 17.4. The summed E-state index contributed by atoms with van der Waals surface area (Å²) in [6.45, 7) is 4.05. The van der Waals surface area contributed by atoms with Crippen LogP contribution in [-0.2, 0) is 14.3 Å². The van der Waals surface area contributed by atoms with Crippen LogP contribution in [0.1, 0.15) is 13.3 Å². The Hall–Kier alpha value is -1.34. The molecular formula is C16H21Cl2N3O3. The number of rotatable bonds is 6. The van der Waals surface area contributed by atoms with Gasteiger partial charge in [0, 0.05) is 24.7 Å². The van der Waals surface area contributed by atoms with E-state index in [0.29, 0.717) is 35.4 Å². The molecule has 24 heavy (non-hydrogen) atoms. The summed E-state index contributed by atoms with van der Waals surface area (Å²) >= 11 is 11.9. The first-order valence-electron chi connectivity index (χ1n) is 7.87. The van der Waals surface area contributed by atoms with E-state index in [1.165, 1.54) is 4.90 Å². The number of hydrogen-bond donors (Lipinski definition) is 2. The predicted molar refractivity (Wildman–Crippen MR) is 94.6 cm³/mol. The predicted octanol–water partition coefficient (Wildman–Crippen LogP) is 2.16. The third-order valence-electron chi connectivity index (χ3n) is 3.55. The van der Waals surface area contributed by atoms with E-state index >= 15 is 0 Å². The molecule has 0 saturated carbocycles. The number of amides is 2. The van der Waals surface area contributed by atoms with Gasteiger partial charge in [0.25, 0.3) is 5.91 Å². The Balaban J connectivity index is 1.99. The van der Waals surface area contributed by atoms with Crippen LogP contribution >= 0.6 is 23.2 Å². The molecular weight excluding hydrogens is 353 g/mol. The van der Waals surface area contributed by atoms with Gasteiger partial charge in [-0.25, -0.2) is 0 Å². The Morgan fingerprint density at radius 2 is 2.21 bits per heavy atom. The number of anilines is 1. The average Bonchev–Trinajstić information content (AvgIpc) is 2.58. The lowest BCUT2D eigenvalue weighted by molar-refractivity contribution is -0.147. The van der Waals surface area contributed by atoms with Crippen LogP contribution in [0.25, 0.3) is 0 Å². The lowest BCUT2D eigenvalue weighted by Gasteiger charge is -2.29. The van der Waals surface area contributed by atoms with Crippen LogP contribution in [0.15, 0.2) is 18.2 Å². The SMILES string of the molecule is CCCN(CC(=O)Nc1cc(Cl)ccc1Cl)C(=O)C1CNCCO1. The second-order valence-electron chi connectivity index (χ2n) is 5.50. The van der Waals surface area contributed by atoms with Gasteiger partial charge in [0.1, 0.15) is 6.10 Å². The zero-order valence-electron chi connectivity index (χ0n) is 13.5. The fourth-order valence-corrected chi connectivity index (χ4v) is 2.76. The van der Waals surface area contributed by atoms with Gasteiger partial charge in [-0.15, -0.1) is 0 Å². The highest BCUT2D eigenvalue weighted by atomic mass is 35.5. The number of carbonyl (C=O) groups is 2. The molecule has 2 rings (SSSR count). The first-order chi connectivity index (χ1) is 11.5. The van der Waals surface area contributed by atoms with E-state index in [4.69, 9.17) is 27.9 Å². The molecule has 1 unspecified atom stereocenters. The van der Waals surface area contributed by atoms with E-state index in [1.807, 2.05) is 6.92 Å². The molecule has 0 bridgehead atoms. The van der Waals surface area contributed by atoms with Crippen LogP contribution in [0.5, 0.6) is 0 Å². The third kappa shape index (κ3) is 5.34. The molecule has 0 aliphatic carbocycles. The maximum Gasteiger partial charge on any atom is 0.253 e. The van der Waals surface area contributed by atoms with Gasteiger partial charge in [-0.2, -0.15) is 0 Å². The Labute approximate surface area is 151 Å². The number of halogens is 2. The fourth-order valence-electron chi connectivity index (χ4n) is 2.42. The van der Waals surface area contributed by atoms with Gasteiger partial charge in [0.15, 0.2) is 0 Å². The average molecular weight is 374 g/mol. The summed E-state index contributed by atoms with van der Waals surface area (Å²) in [5, 5.41) is 6.67. The van der Waals surface area contributed by atoms with Crippen molar-refractivity contribution in [1.29, 1.82) is 0 Å². The van der Waals surface area contributed by atoms with Crippen molar-refractivity contribution in [2.45, 2.75) is 19.4 Å². The summed E-state index contributed by atoms with van der Waals surface area (Å²) in [6, 6.07) is 4.82. The molecule has 0 spiro atoms. The van der Waals surface area contributed by atoms with Gasteiger partial charge in [-0.1, -0.05) is 30.1 Å². The van der Waals surface area contributed by atoms with Gasteiger partial charge in [0.05, 0.1) is 23.9 Å². The van der Waals surface area contributed by atoms with Crippen molar-refractivity contribution in [2.75, 3.05) is 38.1 Å². The van der Waals surface area contributed by atoms with Crippen LogP contribution < -0.4 is 10.6 Å². The van der Waals surface area contributed by atoms with E-state index in [9.17, 15) is 9.59 Å². The number of morpholine rings is 1. The number of ether oxygens (including phenoxy) is 1. The summed E-state index contributed by atoms with van der Waals surface area (Å²) in [4.78, 5) is 26.3. The van der Waals surface area contributed by atoms with Crippen LogP contribution in [0.3, 0.4) is 0 Å². The summed E-state index contributed by atoms with van der Waals surface area (Å²) in [5.41, 5.74) is 0.425. The molecule has 132 valence electrons. The van der Waals surface area contributed by atoms with E-state index < -0.39 is 6.10 Å². The molecule has 1 saturated heterocycles. The van der Waals surface area contributed by atoms with Crippen molar-refractivity contribution in [3.8, 4) is 0 Å². The maximum absolute atomic E-state index is 12.5. The topological polar surface area (TPSA) is 70.7 Å². The first-order valence-corrected chi connectivity index (χ1v) is 8.63. The zero-order valence-corrected chi connectivity index (χ0v) is 15.0. The molecule has 1 aliphatic heterocycles. The molecule has 2 N–H and O–H groups in total. The number of nitrogens with one attached hydrogen (secondary N) is 2. The van der Waals surface area contributed by atoms with Gasteiger partial charge in [0.2, 0.25) is 5.91 Å². The van der Waals surface area contributed by atoms with E-state index in [-0.39, 0.29) is 18.4 Å². The Morgan fingerprint density at radius 1 is 1.42 bits per heavy atom. The molecule has 0 aromatic heterocycles. The van der Waals surface area contributed by atoms with Crippen molar-refractivity contribution >= 4 is 40.7 Å². The Bertz CT molecular complexity index is 592. The van der Waals surface area contributed by atoms with E-state index in [0.717, 1.165) is 13.0 Å². The van der Waals surface area contributed by atoms with Crippen LogP contribution in [0.2, 0.25) is 10.0 Å².